The van der Waals surface area contributed by atoms with Crippen LogP contribution in [0.1, 0.15) is 39.0 Å². The lowest BCUT2D eigenvalue weighted by atomic mass is 9.74. The SMILES string of the molecule is CC1CCCC1(C=O)C1CCCO1. The molecule has 2 heteroatoms. The fourth-order valence-electron chi connectivity index (χ4n) is 2.96. The van der Waals surface area contributed by atoms with Crippen LogP contribution in [0.2, 0.25) is 0 Å². The first kappa shape index (κ1) is 9.20. The number of aldehydes is 1. The molecule has 1 aliphatic heterocycles. The Bertz CT molecular complexity index is 196. The predicted molar refractivity (Wildman–Crippen MR) is 50.5 cm³/mol. The Hall–Kier alpha value is -0.370. The van der Waals surface area contributed by atoms with Crippen LogP contribution in [0.25, 0.3) is 0 Å². The molecule has 13 heavy (non-hydrogen) atoms. The van der Waals surface area contributed by atoms with Gasteiger partial charge >= 0.3 is 0 Å². The smallest absolute Gasteiger partial charge is 0.129 e. The topological polar surface area (TPSA) is 26.3 Å². The van der Waals surface area contributed by atoms with Gasteiger partial charge in [0.2, 0.25) is 0 Å². The van der Waals surface area contributed by atoms with Gasteiger partial charge in [0.15, 0.2) is 0 Å². The molecule has 0 aromatic carbocycles. The Kier molecular flexibility index (Phi) is 2.41. The van der Waals surface area contributed by atoms with Gasteiger partial charge < -0.3 is 9.53 Å². The van der Waals surface area contributed by atoms with Crippen LogP contribution in [0, 0.1) is 11.3 Å². The molecule has 0 spiro atoms. The number of rotatable bonds is 2. The van der Waals surface area contributed by atoms with Crippen molar-refractivity contribution in [2.75, 3.05) is 6.61 Å². The van der Waals surface area contributed by atoms with Crippen molar-refractivity contribution in [3.8, 4) is 0 Å². The lowest BCUT2D eigenvalue weighted by Crippen LogP contribution is -2.38. The van der Waals surface area contributed by atoms with Gasteiger partial charge in [-0.2, -0.15) is 0 Å². The monoisotopic (exact) mass is 182 g/mol. The zero-order chi connectivity index (χ0) is 9.31. The molecule has 2 fully saturated rings. The van der Waals surface area contributed by atoms with Crippen molar-refractivity contribution in [1.29, 1.82) is 0 Å². The van der Waals surface area contributed by atoms with Gasteiger partial charge in [-0.3, -0.25) is 0 Å². The zero-order valence-electron chi connectivity index (χ0n) is 8.29. The third-order valence-corrected chi connectivity index (χ3v) is 3.91. The van der Waals surface area contributed by atoms with E-state index in [9.17, 15) is 4.79 Å². The van der Waals surface area contributed by atoms with Crippen LogP contribution in [-0.2, 0) is 9.53 Å². The van der Waals surface area contributed by atoms with Gasteiger partial charge in [0, 0.05) is 6.61 Å². The summed E-state index contributed by atoms with van der Waals surface area (Å²) in [6, 6.07) is 0. The van der Waals surface area contributed by atoms with Crippen LogP contribution >= 0.6 is 0 Å². The molecule has 2 nitrogen and oxygen atoms in total. The fraction of sp³-hybridized carbons (Fsp3) is 0.909. The first-order chi connectivity index (χ1) is 6.29. The summed E-state index contributed by atoms with van der Waals surface area (Å²) in [4.78, 5) is 11.2. The van der Waals surface area contributed by atoms with Crippen LogP contribution in [-0.4, -0.2) is 19.0 Å². The molecule has 0 N–H and O–H groups in total. The Morgan fingerprint density at radius 1 is 1.38 bits per heavy atom. The molecule has 1 saturated carbocycles. The highest BCUT2D eigenvalue weighted by atomic mass is 16.5. The van der Waals surface area contributed by atoms with E-state index < -0.39 is 0 Å². The highest BCUT2D eigenvalue weighted by Crippen LogP contribution is 2.47. The van der Waals surface area contributed by atoms with Crippen LogP contribution in [0.5, 0.6) is 0 Å². The van der Waals surface area contributed by atoms with Crippen molar-refractivity contribution < 1.29 is 9.53 Å². The second-order valence-electron chi connectivity index (χ2n) is 4.53. The Morgan fingerprint density at radius 3 is 2.69 bits per heavy atom. The summed E-state index contributed by atoms with van der Waals surface area (Å²) in [5, 5.41) is 0. The average molecular weight is 182 g/mol. The number of ether oxygens (including phenoxy) is 1. The average Bonchev–Trinajstić information content (AvgIpc) is 2.73. The normalized spacial score (nSPS) is 45.3. The van der Waals surface area contributed by atoms with E-state index in [-0.39, 0.29) is 11.5 Å². The lowest BCUT2D eigenvalue weighted by Gasteiger charge is -2.33. The Labute approximate surface area is 79.7 Å². The van der Waals surface area contributed by atoms with E-state index in [0.29, 0.717) is 5.92 Å². The van der Waals surface area contributed by atoms with Crippen molar-refractivity contribution in [3.63, 3.8) is 0 Å². The van der Waals surface area contributed by atoms with E-state index in [1.54, 1.807) is 0 Å². The number of hydrogen-bond donors (Lipinski definition) is 0. The van der Waals surface area contributed by atoms with Crippen molar-refractivity contribution in [2.45, 2.75) is 45.1 Å². The van der Waals surface area contributed by atoms with Crippen LogP contribution < -0.4 is 0 Å². The molecule has 2 aliphatic rings. The summed E-state index contributed by atoms with van der Waals surface area (Å²) >= 11 is 0. The van der Waals surface area contributed by atoms with E-state index >= 15 is 0 Å². The van der Waals surface area contributed by atoms with E-state index in [4.69, 9.17) is 4.74 Å². The highest BCUT2D eigenvalue weighted by molar-refractivity contribution is 5.62. The number of carbonyl (C=O) groups excluding carboxylic acids is 1. The predicted octanol–water partition coefficient (Wildman–Crippen LogP) is 2.17. The molecular formula is C11H18O2. The van der Waals surface area contributed by atoms with Gasteiger partial charge in [0.1, 0.15) is 6.29 Å². The summed E-state index contributed by atoms with van der Waals surface area (Å²) in [7, 11) is 0. The minimum absolute atomic E-state index is 0.128. The Balaban J connectivity index is 2.17. The van der Waals surface area contributed by atoms with Crippen LogP contribution in [0.4, 0.5) is 0 Å². The largest absolute Gasteiger partial charge is 0.377 e. The Morgan fingerprint density at radius 2 is 2.23 bits per heavy atom. The zero-order valence-corrected chi connectivity index (χ0v) is 8.29. The quantitative estimate of drug-likeness (QED) is 0.612. The molecule has 3 atom stereocenters. The van der Waals surface area contributed by atoms with Crippen molar-refractivity contribution in [2.24, 2.45) is 11.3 Å². The molecule has 74 valence electrons. The summed E-state index contributed by atoms with van der Waals surface area (Å²) in [6.07, 6.45) is 7.06. The van der Waals surface area contributed by atoms with Crippen molar-refractivity contribution in [1.82, 2.24) is 0 Å². The van der Waals surface area contributed by atoms with Crippen molar-refractivity contribution in [3.05, 3.63) is 0 Å². The molecule has 2 rings (SSSR count). The molecule has 0 bridgehead atoms. The fourth-order valence-corrected chi connectivity index (χ4v) is 2.96. The molecule has 0 radical (unpaired) electrons. The van der Waals surface area contributed by atoms with E-state index in [1.807, 2.05) is 0 Å². The summed E-state index contributed by atoms with van der Waals surface area (Å²) < 4.78 is 5.67. The first-order valence-electron chi connectivity index (χ1n) is 5.37. The number of hydrogen-bond acceptors (Lipinski definition) is 2. The first-order valence-corrected chi connectivity index (χ1v) is 5.37. The van der Waals surface area contributed by atoms with E-state index in [1.165, 1.54) is 19.1 Å². The molecule has 1 heterocycles. The molecule has 0 aromatic heterocycles. The number of carbonyl (C=O) groups is 1. The van der Waals surface area contributed by atoms with Crippen LogP contribution in [0.15, 0.2) is 0 Å². The maximum atomic E-state index is 11.2. The van der Waals surface area contributed by atoms with Gasteiger partial charge in [-0.15, -0.1) is 0 Å². The van der Waals surface area contributed by atoms with Gasteiger partial charge in [-0.05, 0) is 31.6 Å². The van der Waals surface area contributed by atoms with Gasteiger partial charge in [-0.1, -0.05) is 13.3 Å². The third-order valence-electron chi connectivity index (χ3n) is 3.91. The van der Waals surface area contributed by atoms with Gasteiger partial charge in [0.25, 0.3) is 0 Å². The highest BCUT2D eigenvalue weighted by Gasteiger charge is 2.48. The van der Waals surface area contributed by atoms with Crippen LogP contribution in [0.3, 0.4) is 0 Å². The molecule has 1 aliphatic carbocycles. The van der Waals surface area contributed by atoms with Crippen molar-refractivity contribution >= 4 is 6.29 Å². The second kappa shape index (κ2) is 3.41. The maximum absolute atomic E-state index is 11.2. The van der Waals surface area contributed by atoms with Gasteiger partial charge in [0.05, 0.1) is 11.5 Å². The molecule has 0 amide bonds. The molecular weight excluding hydrogens is 164 g/mol. The minimum Gasteiger partial charge on any atom is -0.377 e. The van der Waals surface area contributed by atoms with Gasteiger partial charge in [-0.25, -0.2) is 0 Å². The standard InChI is InChI=1S/C11H18O2/c1-9-4-2-6-11(9,8-12)10-5-3-7-13-10/h8-10H,2-7H2,1H3. The second-order valence-corrected chi connectivity index (χ2v) is 4.53. The molecule has 0 aromatic rings. The third kappa shape index (κ3) is 1.32. The van der Waals surface area contributed by atoms with E-state index in [2.05, 4.69) is 6.92 Å². The summed E-state index contributed by atoms with van der Waals surface area (Å²) in [6.45, 7) is 3.05. The van der Waals surface area contributed by atoms with E-state index in [0.717, 1.165) is 25.9 Å². The lowest BCUT2D eigenvalue weighted by molar-refractivity contribution is -0.126. The molecule has 1 saturated heterocycles. The summed E-state index contributed by atoms with van der Waals surface area (Å²) in [5.74, 6) is 0.521. The maximum Gasteiger partial charge on any atom is 0.129 e. The molecule has 3 unspecified atom stereocenters. The minimum atomic E-state index is -0.128. The summed E-state index contributed by atoms with van der Waals surface area (Å²) in [5.41, 5.74) is -0.128.